The van der Waals surface area contributed by atoms with Gasteiger partial charge >= 0.3 is 12.1 Å². The predicted octanol–water partition coefficient (Wildman–Crippen LogP) is 7.04. The van der Waals surface area contributed by atoms with Gasteiger partial charge in [-0.15, -0.1) is 0 Å². The average molecular weight is 684 g/mol. The molecule has 0 aliphatic heterocycles. The fraction of sp³-hybridized carbons (Fsp3) is 0.579. The first kappa shape index (κ1) is 40.6. The fourth-order valence-electron chi connectivity index (χ4n) is 5.26. The number of alkyl carbamates (subject to hydrolysis) is 1. The van der Waals surface area contributed by atoms with E-state index >= 15 is 0 Å². The Labute approximate surface area is 293 Å². The molecule has 2 aromatic rings. The number of nitrogens with one attached hydrogen (secondary N) is 2. The van der Waals surface area contributed by atoms with Crippen LogP contribution in [0.5, 0.6) is 0 Å². The third-order valence-electron chi connectivity index (χ3n) is 7.54. The van der Waals surface area contributed by atoms with Crippen molar-refractivity contribution >= 4 is 36.5 Å². The minimum atomic E-state index is -1.10. The van der Waals surface area contributed by atoms with Crippen LogP contribution >= 0.6 is 12.6 Å². The van der Waals surface area contributed by atoms with Gasteiger partial charge in [0.1, 0.15) is 29.3 Å². The van der Waals surface area contributed by atoms with E-state index in [2.05, 4.69) is 30.2 Å². The van der Waals surface area contributed by atoms with E-state index in [4.69, 9.17) is 9.47 Å². The van der Waals surface area contributed by atoms with Crippen LogP contribution in [0.1, 0.15) is 109 Å². The van der Waals surface area contributed by atoms with Crippen molar-refractivity contribution in [2.45, 2.75) is 130 Å². The third-order valence-corrected chi connectivity index (χ3v) is 7.90. The molecule has 2 aromatic carbocycles. The molecule has 48 heavy (non-hydrogen) atoms. The molecule has 266 valence electrons. The number of hydrogen-bond donors (Lipinski definition) is 3. The number of benzene rings is 2. The number of carbonyl (C=O) groups is 4. The molecule has 0 spiro atoms. The van der Waals surface area contributed by atoms with Crippen LogP contribution in [0.25, 0.3) is 0 Å². The Hall–Kier alpha value is -3.53. The van der Waals surface area contributed by atoms with Crippen LogP contribution < -0.4 is 10.6 Å². The molecular weight excluding hydrogens is 627 g/mol. The van der Waals surface area contributed by atoms with Gasteiger partial charge in [0, 0.05) is 18.7 Å². The normalized spacial score (nSPS) is 13.5. The highest BCUT2D eigenvalue weighted by Crippen LogP contribution is 2.28. The molecular formula is C38H57N3O6S. The topological polar surface area (TPSA) is 114 Å². The molecule has 0 heterocycles. The van der Waals surface area contributed by atoms with Gasteiger partial charge in [-0.05, 0) is 78.5 Å². The summed E-state index contributed by atoms with van der Waals surface area (Å²) in [6.45, 7) is 16.8. The Morgan fingerprint density at radius 3 is 2.02 bits per heavy atom. The number of thiol groups is 1. The molecule has 0 aromatic heterocycles. The number of rotatable bonds is 16. The monoisotopic (exact) mass is 683 g/mol. The standard InChI is InChI=1S/C38H57N3O6S/c1-10-11-12-13-17-22-41(34(43)31(25-48)40-36(45)47-38(7,8)9)32(29-23-26(2)20-21-27(29)3)33(42)39-30(35(44)46-37(4,5)6)24-28-18-15-14-16-19-28/h14-16,18-21,23,30-32,48H,10-13,17,22,24-25H2,1-9H3,(H,39,42)(H,40,45). The summed E-state index contributed by atoms with van der Waals surface area (Å²) in [4.78, 5) is 57.0. The fourth-order valence-corrected chi connectivity index (χ4v) is 5.51. The molecule has 9 nitrogen and oxygen atoms in total. The van der Waals surface area contributed by atoms with Crippen LogP contribution in [-0.2, 0) is 30.3 Å². The van der Waals surface area contributed by atoms with Crippen molar-refractivity contribution in [1.29, 1.82) is 0 Å². The molecule has 0 aliphatic carbocycles. The van der Waals surface area contributed by atoms with Gasteiger partial charge in [-0.2, -0.15) is 12.6 Å². The highest BCUT2D eigenvalue weighted by molar-refractivity contribution is 7.80. The van der Waals surface area contributed by atoms with Gasteiger partial charge in [-0.25, -0.2) is 9.59 Å². The largest absolute Gasteiger partial charge is 0.458 e. The molecule has 3 amide bonds. The maximum atomic E-state index is 14.6. The predicted molar refractivity (Wildman–Crippen MR) is 194 cm³/mol. The van der Waals surface area contributed by atoms with Crippen molar-refractivity contribution in [1.82, 2.24) is 15.5 Å². The van der Waals surface area contributed by atoms with E-state index in [0.717, 1.165) is 42.4 Å². The van der Waals surface area contributed by atoms with Crippen molar-refractivity contribution in [3.8, 4) is 0 Å². The van der Waals surface area contributed by atoms with Gasteiger partial charge in [0.15, 0.2) is 0 Å². The molecule has 2 N–H and O–H groups in total. The van der Waals surface area contributed by atoms with Crippen molar-refractivity contribution < 1.29 is 28.7 Å². The summed E-state index contributed by atoms with van der Waals surface area (Å²) in [5, 5.41) is 5.64. The van der Waals surface area contributed by atoms with Crippen LogP contribution in [0.15, 0.2) is 48.5 Å². The molecule has 0 radical (unpaired) electrons. The van der Waals surface area contributed by atoms with Crippen molar-refractivity contribution in [2.24, 2.45) is 0 Å². The highest BCUT2D eigenvalue weighted by atomic mass is 32.1. The zero-order chi connectivity index (χ0) is 36.1. The molecule has 0 saturated carbocycles. The smallest absolute Gasteiger partial charge is 0.408 e. The molecule has 3 atom stereocenters. The number of esters is 1. The molecule has 0 aliphatic rings. The molecule has 0 saturated heterocycles. The number of nitrogens with zero attached hydrogens (tertiary/aromatic N) is 1. The molecule has 3 unspecified atom stereocenters. The van der Waals surface area contributed by atoms with Crippen LogP contribution in [0.2, 0.25) is 0 Å². The van der Waals surface area contributed by atoms with E-state index in [0.29, 0.717) is 12.0 Å². The summed E-state index contributed by atoms with van der Waals surface area (Å²) in [5.74, 6) is -1.58. The summed E-state index contributed by atoms with van der Waals surface area (Å²) in [7, 11) is 0. The summed E-state index contributed by atoms with van der Waals surface area (Å²) in [5.41, 5.74) is 1.64. The van der Waals surface area contributed by atoms with Crippen molar-refractivity contribution in [2.75, 3.05) is 12.3 Å². The van der Waals surface area contributed by atoms with Gasteiger partial charge in [-0.3, -0.25) is 9.59 Å². The summed E-state index contributed by atoms with van der Waals surface area (Å²) in [6.07, 6.45) is 4.06. The molecule has 10 heteroatoms. The lowest BCUT2D eigenvalue weighted by molar-refractivity contribution is -0.159. The van der Waals surface area contributed by atoms with Crippen LogP contribution in [0, 0.1) is 13.8 Å². The minimum absolute atomic E-state index is 0.0138. The lowest BCUT2D eigenvalue weighted by Crippen LogP contribution is -2.55. The first-order chi connectivity index (χ1) is 22.5. The third kappa shape index (κ3) is 13.9. The Kier molecular flexibility index (Phi) is 16.0. The molecule has 2 rings (SSSR count). The molecule has 0 bridgehead atoms. The van der Waals surface area contributed by atoms with E-state index in [1.807, 2.05) is 62.4 Å². The van der Waals surface area contributed by atoms with Crippen molar-refractivity contribution in [3.63, 3.8) is 0 Å². The second-order valence-electron chi connectivity index (χ2n) is 14.4. The van der Waals surface area contributed by atoms with Gasteiger partial charge in [-0.1, -0.05) is 86.7 Å². The van der Waals surface area contributed by atoms with Gasteiger partial charge in [0.25, 0.3) is 0 Å². The summed E-state index contributed by atoms with van der Waals surface area (Å²) >= 11 is 4.41. The van der Waals surface area contributed by atoms with E-state index in [1.165, 1.54) is 4.90 Å². The first-order valence-corrected chi connectivity index (χ1v) is 17.6. The van der Waals surface area contributed by atoms with Crippen LogP contribution in [0.4, 0.5) is 4.79 Å². The second-order valence-corrected chi connectivity index (χ2v) is 14.7. The maximum Gasteiger partial charge on any atom is 0.408 e. The summed E-state index contributed by atoms with van der Waals surface area (Å²) in [6, 6.07) is 12.0. The van der Waals surface area contributed by atoms with E-state index in [-0.39, 0.29) is 18.7 Å². The van der Waals surface area contributed by atoms with E-state index < -0.39 is 53.2 Å². The minimum Gasteiger partial charge on any atom is -0.458 e. The van der Waals surface area contributed by atoms with Crippen molar-refractivity contribution in [3.05, 3.63) is 70.8 Å². The number of ether oxygens (including phenoxy) is 2. The number of aryl methyl sites for hydroxylation is 2. The van der Waals surface area contributed by atoms with Crippen LogP contribution in [0.3, 0.4) is 0 Å². The Bertz CT molecular complexity index is 1350. The first-order valence-electron chi connectivity index (χ1n) is 17.0. The van der Waals surface area contributed by atoms with Gasteiger partial charge < -0.3 is 25.0 Å². The van der Waals surface area contributed by atoms with Crippen LogP contribution in [-0.4, -0.2) is 64.4 Å². The number of carbonyl (C=O) groups excluding carboxylic acids is 4. The van der Waals surface area contributed by atoms with Gasteiger partial charge in [0.2, 0.25) is 11.8 Å². The maximum absolute atomic E-state index is 14.6. The summed E-state index contributed by atoms with van der Waals surface area (Å²) < 4.78 is 11.2. The number of hydrogen-bond acceptors (Lipinski definition) is 7. The van der Waals surface area contributed by atoms with Gasteiger partial charge in [0.05, 0.1) is 0 Å². The quantitative estimate of drug-likeness (QED) is 0.0995. The zero-order valence-electron chi connectivity index (χ0n) is 30.4. The highest BCUT2D eigenvalue weighted by Gasteiger charge is 2.38. The molecule has 0 fully saturated rings. The number of unbranched alkanes of at least 4 members (excludes halogenated alkanes) is 4. The Balaban J connectivity index is 2.63. The lowest BCUT2D eigenvalue weighted by atomic mass is 9.95. The Morgan fingerprint density at radius 1 is 0.812 bits per heavy atom. The Morgan fingerprint density at radius 2 is 1.44 bits per heavy atom. The zero-order valence-corrected chi connectivity index (χ0v) is 31.2. The van der Waals surface area contributed by atoms with E-state index in [1.54, 1.807) is 41.5 Å². The second kappa shape index (κ2) is 18.9. The average Bonchev–Trinajstić information content (AvgIpc) is 2.98. The van der Waals surface area contributed by atoms with E-state index in [9.17, 15) is 19.2 Å². The lowest BCUT2D eigenvalue weighted by Gasteiger charge is -2.36. The number of amides is 3. The SMILES string of the molecule is CCCCCCCN(C(=O)C(CS)NC(=O)OC(C)(C)C)C(C(=O)NC(Cc1ccccc1)C(=O)OC(C)(C)C)c1cc(C)ccc1C.